The number of benzene rings is 2. The van der Waals surface area contributed by atoms with Crippen LogP contribution in [0, 0.1) is 11.6 Å². The summed E-state index contributed by atoms with van der Waals surface area (Å²) in [5, 5.41) is 2.77. The van der Waals surface area contributed by atoms with Crippen LogP contribution in [0.25, 0.3) is 6.08 Å². The molecule has 1 amide bonds. The van der Waals surface area contributed by atoms with E-state index in [0.29, 0.717) is 0 Å². The van der Waals surface area contributed by atoms with E-state index in [1.165, 1.54) is 30.3 Å². The summed E-state index contributed by atoms with van der Waals surface area (Å²) in [5.41, 5.74) is 1.56. The van der Waals surface area contributed by atoms with E-state index in [4.69, 9.17) is 0 Å². The van der Waals surface area contributed by atoms with Crippen molar-refractivity contribution < 1.29 is 13.6 Å². The first kappa shape index (κ1) is 14.9. The van der Waals surface area contributed by atoms with E-state index in [9.17, 15) is 13.6 Å². The molecule has 0 aliphatic heterocycles. The van der Waals surface area contributed by atoms with Gasteiger partial charge >= 0.3 is 0 Å². The van der Waals surface area contributed by atoms with Gasteiger partial charge in [0.25, 0.3) is 0 Å². The molecule has 4 heteroatoms. The lowest BCUT2D eigenvalue weighted by atomic mass is 10.1. The van der Waals surface area contributed by atoms with Gasteiger partial charge in [0.1, 0.15) is 11.6 Å². The minimum Gasteiger partial charge on any atom is -0.346 e. The van der Waals surface area contributed by atoms with E-state index >= 15 is 0 Å². The van der Waals surface area contributed by atoms with Gasteiger partial charge in [0.15, 0.2) is 0 Å². The molecule has 0 fully saturated rings. The van der Waals surface area contributed by atoms with Crippen LogP contribution in [0.15, 0.2) is 54.6 Å². The Morgan fingerprint density at radius 3 is 2.10 bits per heavy atom. The van der Waals surface area contributed by atoms with E-state index in [1.54, 1.807) is 30.3 Å². The van der Waals surface area contributed by atoms with Gasteiger partial charge in [-0.25, -0.2) is 8.78 Å². The fourth-order valence-corrected chi connectivity index (χ4v) is 1.84. The van der Waals surface area contributed by atoms with Crippen molar-refractivity contribution in [2.75, 3.05) is 0 Å². The summed E-state index contributed by atoms with van der Waals surface area (Å²) in [6.07, 6.45) is 2.99. The maximum Gasteiger partial charge on any atom is 0.244 e. The van der Waals surface area contributed by atoms with Crippen molar-refractivity contribution in [2.24, 2.45) is 0 Å². The van der Waals surface area contributed by atoms with Gasteiger partial charge in [-0.3, -0.25) is 4.79 Å². The number of amides is 1. The molecule has 0 aliphatic carbocycles. The Kier molecular flexibility index (Phi) is 4.82. The topological polar surface area (TPSA) is 29.1 Å². The van der Waals surface area contributed by atoms with E-state index in [0.717, 1.165) is 11.1 Å². The minimum atomic E-state index is -0.318. The molecular weight excluding hydrogens is 272 g/mol. The predicted octanol–water partition coefficient (Wildman–Crippen LogP) is 3.86. The van der Waals surface area contributed by atoms with E-state index in [2.05, 4.69) is 5.32 Å². The summed E-state index contributed by atoms with van der Waals surface area (Å²) in [7, 11) is 0. The monoisotopic (exact) mass is 287 g/mol. The second-order valence-corrected chi connectivity index (χ2v) is 4.67. The van der Waals surface area contributed by atoms with Gasteiger partial charge in [0.2, 0.25) is 5.91 Å². The van der Waals surface area contributed by atoms with Crippen LogP contribution in [-0.4, -0.2) is 5.91 Å². The molecule has 2 aromatic rings. The second-order valence-electron chi connectivity index (χ2n) is 4.67. The van der Waals surface area contributed by atoms with Gasteiger partial charge in [-0.15, -0.1) is 0 Å². The zero-order valence-electron chi connectivity index (χ0n) is 11.5. The summed E-state index contributed by atoms with van der Waals surface area (Å²) >= 11 is 0. The Hall–Kier alpha value is -2.49. The molecule has 0 unspecified atom stereocenters. The molecule has 0 radical (unpaired) electrons. The lowest BCUT2D eigenvalue weighted by Crippen LogP contribution is -2.24. The molecule has 0 bridgehead atoms. The van der Waals surface area contributed by atoms with Crippen molar-refractivity contribution in [3.05, 3.63) is 77.4 Å². The zero-order valence-corrected chi connectivity index (χ0v) is 11.5. The molecule has 0 aliphatic rings. The largest absolute Gasteiger partial charge is 0.346 e. The molecule has 0 saturated heterocycles. The average molecular weight is 287 g/mol. The maximum absolute atomic E-state index is 12.8. The van der Waals surface area contributed by atoms with Crippen molar-refractivity contribution in [3.8, 4) is 0 Å². The summed E-state index contributed by atoms with van der Waals surface area (Å²) < 4.78 is 25.6. The molecular formula is C17H15F2NO. The number of hydrogen-bond donors (Lipinski definition) is 1. The Balaban J connectivity index is 1.94. The first-order chi connectivity index (χ1) is 10.0. The van der Waals surface area contributed by atoms with Crippen LogP contribution in [-0.2, 0) is 4.79 Å². The quantitative estimate of drug-likeness (QED) is 0.850. The van der Waals surface area contributed by atoms with Gasteiger partial charge in [0.05, 0.1) is 6.04 Å². The van der Waals surface area contributed by atoms with Crippen LogP contribution < -0.4 is 5.32 Å². The molecule has 2 aromatic carbocycles. The van der Waals surface area contributed by atoms with Crippen LogP contribution in [0.2, 0.25) is 0 Å². The van der Waals surface area contributed by atoms with Crippen molar-refractivity contribution in [1.29, 1.82) is 0 Å². The number of rotatable bonds is 4. The second kappa shape index (κ2) is 6.79. The average Bonchev–Trinajstić information content (AvgIpc) is 2.47. The number of carbonyl (C=O) groups excluding carboxylic acids is 1. The summed E-state index contributed by atoms with van der Waals surface area (Å²) in [6, 6.07) is 11.6. The fourth-order valence-electron chi connectivity index (χ4n) is 1.84. The highest BCUT2D eigenvalue weighted by Crippen LogP contribution is 2.13. The lowest BCUT2D eigenvalue weighted by Gasteiger charge is -2.12. The highest BCUT2D eigenvalue weighted by Gasteiger charge is 2.07. The predicted molar refractivity (Wildman–Crippen MR) is 78.4 cm³/mol. The van der Waals surface area contributed by atoms with Crippen LogP contribution >= 0.6 is 0 Å². The molecule has 1 N–H and O–H groups in total. The van der Waals surface area contributed by atoms with Crippen LogP contribution in [0.4, 0.5) is 8.78 Å². The Bertz CT molecular complexity index is 633. The van der Waals surface area contributed by atoms with Crippen molar-refractivity contribution in [1.82, 2.24) is 5.32 Å². The summed E-state index contributed by atoms with van der Waals surface area (Å²) in [6.45, 7) is 1.82. The smallest absolute Gasteiger partial charge is 0.244 e. The molecule has 0 saturated carbocycles. The van der Waals surface area contributed by atoms with Crippen LogP contribution in [0.3, 0.4) is 0 Å². The molecule has 2 nitrogen and oxygen atoms in total. The van der Waals surface area contributed by atoms with E-state index < -0.39 is 0 Å². The Labute approximate surface area is 122 Å². The normalized spacial score (nSPS) is 12.3. The number of nitrogens with one attached hydrogen (secondary N) is 1. The Morgan fingerprint density at radius 2 is 1.52 bits per heavy atom. The maximum atomic E-state index is 12.8. The van der Waals surface area contributed by atoms with E-state index in [-0.39, 0.29) is 23.6 Å². The SMILES string of the molecule is C[C@@H](NC(=O)/C=C/c1ccc(F)cc1)c1ccc(F)cc1. The number of hydrogen-bond acceptors (Lipinski definition) is 1. The van der Waals surface area contributed by atoms with Crippen LogP contribution in [0.5, 0.6) is 0 Å². The molecule has 0 aromatic heterocycles. The highest BCUT2D eigenvalue weighted by atomic mass is 19.1. The van der Waals surface area contributed by atoms with Gasteiger partial charge in [0, 0.05) is 6.08 Å². The molecule has 0 spiro atoms. The third kappa shape index (κ3) is 4.53. The van der Waals surface area contributed by atoms with Gasteiger partial charge in [-0.1, -0.05) is 24.3 Å². The molecule has 1 atom stereocenters. The van der Waals surface area contributed by atoms with Gasteiger partial charge in [-0.2, -0.15) is 0 Å². The third-order valence-electron chi connectivity index (χ3n) is 3.03. The molecule has 2 rings (SSSR count). The first-order valence-electron chi connectivity index (χ1n) is 6.54. The third-order valence-corrected chi connectivity index (χ3v) is 3.03. The minimum absolute atomic E-state index is 0.226. The standard InChI is InChI=1S/C17H15F2NO/c1-12(14-5-9-16(19)10-6-14)20-17(21)11-4-13-2-7-15(18)8-3-13/h2-12H,1H3,(H,20,21)/b11-4+/t12-/m1/s1. The number of halogens is 2. The van der Waals surface area contributed by atoms with E-state index in [1.807, 2.05) is 6.92 Å². The number of carbonyl (C=O) groups is 1. The molecule has 0 heterocycles. The lowest BCUT2D eigenvalue weighted by molar-refractivity contribution is -0.117. The fraction of sp³-hybridized carbons (Fsp3) is 0.118. The molecule has 108 valence electrons. The Morgan fingerprint density at radius 1 is 1.00 bits per heavy atom. The van der Waals surface area contributed by atoms with Crippen LogP contribution in [0.1, 0.15) is 24.1 Å². The molecule has 21 heavy (non-hydrogen) atoms. The van der Waals surface area contributed by atoms with Gasteiger partial charge in [-0.05, 0) is 48.4 Å². The first-order valence-corrected chi connectivity index (χ1v) is 6.54. The highest BCUT2D eigenvalue weighted by molar-refractivity contribution is 5.91. The summed E-state index contributed by atoms with van der Waals surface area (Å²) in [4.78, 5) is 11.8. The van der Waals surface area contributed by atoms with Crippen molar-refractivity contribution in [3.63, 3.8) is 0 Å². The van der Waals surface area contributed by atoms with Crippen molar-refractivity contribution >= 4 is 12.0 Å². The zero-order chi connectivity index (χ0) is 15.2. The summed E-state index contributed by atoms with van der Waals surface area (Å²) in [5.74, 6) is -0.897. The van der Waals surface area contributed by atoms with Gasteiger partial charge < -0.3 is 5.32 Å². The van der Waals surface area contributed by atoms with Crippen molar-refractivity contribution in [2.45, 2.75) is 13.0 Å².